The van der Waals surface area contributed by atoms with Crippen molar-refractivity contribution in [1.29, 1.82) is 0 Å². The Labute approximate surface area is 197 Å². The number of fused-ring (bicyclic) bond motifs is 1. The number of aliphatic imine (C=N–C) groups is 1. The van der Waals surface area contributed by atoms with Gasteiger partial charge in [-0.3, -0.25) is 10.1 Å². The lowest BCUT2D eigenvalue weighted by Crippen LogP contribution is -2.38. The SMILES string of the molecule is CN=C(NCCc1c[nH]c2ccccc12)NCc1nc(-c2ccc(OC)cc2)n[nH]1.I. The first-order chi connectivity index (χ1) is 14.8. The Morgan fingerprint density at radius 2 is 1.90 bits per heavy atom. The molecular formula is C22H26IN7O. The van der Waals surface area contributed by atoms with E-state index in [0.29, 0.717) is 12.4 Å². The minimum absolute atomic E-state index is 0. The van der Waals surface area contributed by atoms with E-state index in [9.17, 15) is 0 Å². The van der Waals surface area contributed by atoms with E-state index in [-0.39, 0.29) is 24.0 Å². The molecule has 2 aromatic heterocycles. The Bertz CT molecular complexity index is 1130. The molecule has 0 radical (unpaired) electrons. The zero-order chi connectivity index (χ0) is 20.8. The van der Waals surface area contributed by atoms with Crippen LogP contribution in [0.15, 0.2) is 59.7 Å². The van der Waals surface area contributed by atoms with Crippen molar-refractivity contribution >= 4 is 40.8 Å². The average Bonchev–Trinajstić information content (AvgIpc) is 3.43. The summed E-state index contributed by atoms with van der Waals surface area (Å²) in [5.41, 5.74) is 3.38. The van der Waals surface area contributed by atoms with Crippen LogP contribution in [0.5, 0.6) is 5.75 Å². The van der Waals surface area contributed by atoms with E-state index in [2.05, 4.69) is 60.2 Å². The number of aromatic nitrogens is 4. The van der Waals surface area contributed by atoms with Crippen LogP contribution in [-0.4, -0.2) is 46.8 Å². The first-order valence-corrected chi connectivity index (χ1v) is 9.82. The van der Waals surface area contributed by atoms with E-state index in [1.807, 2.05) is 30.3 Å². The van der Waals surface area contributed by atoms with Gasteiger partial charge in [0.15, 0.2) is 11.8 Å². The molecule has 2 aromatic carbocycles. The van der Waals surface area contributed by atoms with Gasteiger partial charge in [0.2, 0.25) is 0 Å². The first-order valence-electron chi connectivity index (χ1n) is 9.82. The van der Waals surface area contributed by atoms with Crippen molar-refractivity contribution in [3.05, 3.63) is 66.1 Å². The summed E-state index contributed by atoms with van der Waals surface area (Å²) in [5, 5.41) is 15.1. The van der Waals surface area contributed by atoms with Gasteiger partial charge < -0.3 is 20.4 Å². The van der Waals surface area contributed by atoms with E-state index in [4.69, 9.17) is 4.74 Å². The van der Waals surface area contributed by atoms with Crippen LogP contribution in [0.25, 0.3) is 22.3 Å². The van der Waals surface area contributed by atoms with Gasteiger partial charge in [0.05, 0.1) is 13.7 Å². The minimum atomic E-state index is 0. The number of nitrogens with zero attached hydrogens (tertiary/aromatic N) is 3. The predicted molar refractivity (Wildman–Crippen MR) is 134 cm³/mol. The van der Waals surface area contributed by atoms with Gasteiger partial charge in [-0.05, 0) is 42.3 Å². The highest BCUT2D eigenvalue weighted by Crippen LogP contribution is 2.19. The van der Waals surface area contributed by atoms with Crippen LogP contribution in [-0.2, 0) is 13.0 Å². The summed E-state index contributed by atoms with van der Waals surface area (Å²) in [6.07, 6.45) is 2.96. The Morgan fingerprint density at radius 1 is 1.10 bits per heavy atom. The van der Waals surface area contributed by atoms with Crippen LogP contribution in [0.2, 0.25) is 0 Å². The van der Waals surface area contributed by atoms with E-state index in [1.165, 1.54) is 10.9 Å². The lowest BCUT2D eigenvalue weighted by Gasteiger charge is -2.10. The van der Waals surface area contributed by atoms with Gasteiger partial charge in [0.25, 0.3) is 0 Å². The number of para-hydroxylation sites is 1. The maximum Gasteiger partial charge on any atom is 0.191 e. The second-order valence-electron chi connectivity index (χ2n) is 6.80. The highest BCUT2D eigenvalue weighted by molar-refractivity contribution is 14.0. The fraction of sp³-hybridized carbons (Fsp3) is 0.227. The fourth-order valence-electron chi connectivity index (χ4n) is 3.29. The third-order valence-electron chi connectivity index (χ3n) is 4.89. The molecule has 2 heterocycles. The van der Waals surface area contributed by atoms with E-state index >= 15 is 0 Å². The van der Waals surface area contributed by atoms with Gasteiger partial charge in [0.1, 0.15) is 11.6 Å². The molecule has 0 unspecified atom stereocenters. The molecule has 8 nitrogen and oxygen atoms in total. The van der Waals surface area contributed by atoms with Crippen LogP contribution >= 0.6 is 24.0 Å². The van der Waals surface area contributed by atoms with Gasteiger partial charge >= 0.3 is 0 Å². The number of methoxy groups -OCH3 is 1. The summed E-state index contributed by atoms with van der Waals surface area (Å²) < 4.78 is 5.18. The molecule has 0 amide bonds. The third kappa shape index (κ3) is 5.54. The van der Waals surface area contributed by atoms with E-state index < -0.39 is 0 Å². The maximum atomic E-state index is 5.18. The minimum Gasteiger partial charge on any atom is -0.497 e. The van der Waals surface area contributed by atoms with Crippen molar-refractivity contribution < 1.29 is 4.74 Å². The lowest BCUT2D eigenvalue weighted by molar-refractivity contribution is 0.415. The van der Waals surface area contributed by atoms with Gasteiger partial charge in [0, 0.05) is 36.3 Å². The van der Waals surface area contributed by atoms with E-state index in [1.54, 1.807) is 14.2 Å². The predicted octanol–water partition coefficient (Wildman–Crippen LogP) is 3.49. The smallest absolute Gasteiger partial charge is 0.191 e. The van der Waals surface area contributed by atoms with Crippen LogP contribution in [0.3, 0.4) is 0 Å². The second kappa shape index (κ2) is 10.8. The Morgan fingerprint density at radius 3 is 2.68 bits per heavy atom. The Hall–Kier alpha value is -3.08. The van der Waals surface area contributed by atoms with Crippen molar-refractivity contribution in [3.8, 4) is 17.1 Å². The number of guanidine groups is 1. The number of nitrogens with one attached hydrogen (secondary N) is 4. The van der Waals surface area contributed by atoms with E-state index in [0.717, 1.165) is 41.6 Å². The fourth-order valence-corrected chi connectivity index (χ4v) is 3.29. The second-order valence-corrected chi connectivity index (χ2v) is 6.80. The van der Waals surface area contributed by atoms with Gasteiger partial charge in [-0.25, -0.2) is 4.98 Å². The van der Waals surface area contributed by atoms with Crippen molar-refractivity contribution in [1.82, 2.24) is 30.8 Å². The summed E-state index contributed by atoms with van der Waals surface area (Å²) in [7, 11) is 3.40. The number of ether oxygens (including phenoxy) is 1. The topological polar surface area (TPSA) is 103 Å². The number of hydrogen-bond acceptors (Lipinski definition) is 4. The number of hydrogen-bond donors (Lipinski definition) is 4. The molecule has 0 fully saturated rings. The van der Waals surface area contributed by atoms with Crippen molar-refractivity contribution in [3.63, 3.8) is 0 Å². The van der Waals surface area contributed by atoms with Crippen LogP contribution < -0.4 is 15.4 Å². The quantitative estimate of drug-likeness (QED) is 0.166. The Kier molecular flexibility index (Phi) is 7.88. The number of aromatic amines is 2. The summed E-state index contributed by atoms with van der Waals surface area (Å²) in [6, 6.07) is 16.0. The molecule has 0 aliphatic heterocycles. The van der Waals surface area contributed by atoms with Gasteiger partial charge in [-0.1, -0.05) is 18.2 Å². The average molecular weight is 531 g/mol. The molecule has 0 saturated carbocycles. The Balaban J connectivity index is 0.00000272. The van der Waals surface area contributed by atoms with Crippen molar-refractivity contribution in [2.75, 3.05) is 20.7 Å². The molecule has 0 aliphatic rings. The summed E-state index contributed by atoms with van der Waals surface area (Å²) in [5.74, 6) is 2.91. The number of H-pyrrole nitrogens is 2. The normalized spacial score (nSPS) is 11.2. The largest absolute Gasteiger partial charge is 0.497 e. The van der Waals surface area contributed by atoms with Crippen LogP contribution in [0.4, 0.5) is 0 Å². The van der Waals surface area contributed by atoms with Crippen LogP contribution in [0.1, 0.15) is 11.4 Å². The molecule has 9 heteroatoms. The number of rotatable bonds is 7. The number of halogens is 1. The first kappa shape index (κ1) is 22.6. The lowest BCUT2D eigenvalue weighted by atomic mass is 10.1. The summed E-state index contributed by atoms with van der Waals surface area (Å²) in [6.45, 7) is 1.27. The molecule has 31 heavy (non-hydrogen) atoms. The monoisotopic (exact) mass is 531 g/mol. The third-order valence-corrected chi connectivity index (χ3v) is 4.89. The molecule has 0 saturated heterocycles. The molecule has 162 valence electrons. The highest BCUT2D eigenvalue weighted by Gasteiger charge is 2.08. The van der Waals surface area contributed by atoms with Crippen molar-refractivity contribution in [2.24, 2.45) is 4.99 Å². The summed E-state index contributed by atoms with van der Waals surface area (Å²) in [4.78, 5) is 12.1. The molecular weight excluding hydrogens is 505 g/mol. The maximum absolute atomic E-state index is 5.18. The van der Waals surface area contributed by atoms with Gasteiger partial charge in [-0.2, -0.15) is 5.10 Å². The molecule has 4 N–H and O–H groups in total. The molecule has 0 aliphatic carbocycles. The molecule has 0 bridgehead atoms. The molecule has 0 atom stereocenters. The number of benzene rings is 2. The molecule has 4 rings (SSSR count). The summed E-state index contributed by atoms with van der Waals surface area (Å²) >= 11 is 0. The van der Waals surface area contributed by atoms with Crippen LogP contribution in [0, 0.1) is 0 Å². The zero-order valence-electron chi connectivity index (χ0n) is 17.5. The zero-order valence-corrected chi connectivity index (χ0v) is 19.8. The molecule has 4 aromatic rings. The van der Waals surface area contributed by atoms with Gasteiger partial charge in [-0.15, -0.1) is 24.0 Å². The van der Waals surface area contributed by atoms with Crippen molar-refractivity contribution in [2.45, 2.75) is 13.0 Å². The highest BCUT2D eigenvalue weighted by atomic mass is 127. The molecule has 0 spiro atoms. The standard InChI is InChI=1S/C22H25N7O.HI/c1-23-22(24-12-11-16-13-25-19-6-4-3-5-18(16)19)26-14-20-27-21(29-28-20)15-7-9-17(30-2)10-8-15;/h3-10,13,25H,11-12,14H2,1-2H3,(H2,23,24,26)(H,27,28,29);1H.